The minimum Gasteiger partial charge on any atom is -0.287 e. The molecule has 3 aliphatic rings. The number of nitrogens with zero attached hydrogens (tertiary/aromatic N) is 2. The van der Waals surface area contributed by atoms with E-state index in [1.807, 2.05) is 79.0 Å². The predicted molar refractivity (Wildman–Crippen MR) is 112 cm³/mol. The Bertz CT molecular complexity index is 1300. The third-order valence-corrected chi connectivity index (χ3v) is 6.75. The molecule has 1 N–H and O–H groups in total. The lowest BCUT2D eigenvalue weighted by Gasteiger charge is -2.29. The average Bonchev–Trinajstić information content (AvgIpc) is 3.25. The van der Waals surface area contributed by atoms with Gasteiger partial charge in [-0.1, -0.05) is 54.6 Å². The maximum absolute atomic E-state index is 13.6. The van der Waals surface area contributed by atoms with Crippen LogP contribution in [-0.4, -0.2) is 17.9 Å². The second-order valence-corrected chi connectivity index (χ2v) is 8.14. The van der Waals surface area contributed by atoms with Gasteiger partial charge in [0.1, 0.15) is 23.9 Å². The van der Waals surface area contributed by atoms with Crippen molar-refractivity contribution >= 4 is 34.4 Å². The number of nitrogens with one attached hydrogen (secondary N) is 1. The number of anilines is 1. The van der Waals surface area contributed by atoms with Crippen LogP contribution in [0.2, 0.25) is 0 Å². The van der Waals surface area contributed by atoms with Crippen molar-refractivity contribution in [2.24, 2.45) is 11.8 Å². The van der Waals surface area contributed by atoms with Gasteiger partial charge in [0.2, 0.25) is 11.8 Å². The highest BCUT2D eigenvalue weighted by atomic mass is 16.2. The van der Waals surface area contributed by atoms with E-state index in [9.17, 15) is 14.9 Å². The van der Waals surface area contributed by atoms with Crippen molar-refractivity contribution in [3.05, 3.63) is 84.1 Å². The molecule has 3 aliphatic heterocycles. The smallest absolute Gasteiger partial charge is 0.245 e. The highest BCUT2D eigenvalue weighted by Crippen LogP contribution is 2.44. The molecule has 3 aromatic rings. The van der Waals surface area contributed by atoms with Gasteiger partial charge in [0.15, 0.2) is 6.04 Å². The second-order valence-electron chi connectivity index (χ2n) is 8.14. The number of quaternary nitrogens is 1. The van der Waals surface area contributed by atoms with E-state index in [4.69, 9.17) is 0 Å². The van der Waals surface area contributed by atoms with Crippen LogP contribution in [0.15, 0.2) is 72.9 Å². The number of carbonyl (C=O) groups is 2. The summed E-state index contributed by atoms with van der Waals surface area (Å²) in [6, 6.07) is 23.0. The number of carbonyl (C=O) groups excluding carboxylic acids is 2. The highest BCUT2D eigenvalue weighted by Gasteiger charge is 2.66. The number of rotatable bonds is 1. The van der Waals surface area contributed by atoms with Crippen molar-refractivity contribution < 1.29 is 14.5 Å². The Morgan fingerprint density at radius 1 is 0.867 bits per heavy atom. The van der Waals surface area contributed by atoms with E-state index >= 15 is 0 Å². The molecule has 30 heavy (non-hydrogen) atoms. The Morgan fingerprint density at radius 3 is 2.43 bits per heavy atom. The Balaban J connectivity index is 1.48. The third kappa shape index (κ3) is 2.14. The molecule has 2 fully saturated rings. The topological polar surface area (TPSA) is 65.6 Å². The summed E-state index contributed by atoms with van der Waals surface area (Å²) in [6.45, 7) is 0. The van der Waals surface area contributed by atoms with Crippen LogP contribution in [-0.2, 0) is 9.59 Å². The van der Waals surface area contributed by atoms with Crippen LogP contribution in [0.3, 0.4) is 0 Å². The molecule has 0 bridgehead atoms. The zero-order valence-electron chi connectivity index (χ0n) is 16.0. The van der Waals surface area contributed by atoms with Gasteiger partial charge in [-0.25, -0.2) is 4.90 Å². The fraction of sp³-hybridized carbons (Fsp3) is 0.160. The van der Waals surface area contributed by atoms with Crippen LogP contribution < -0.4 is 9.80 Å². The fourth-order valence-corrected chi connectivity index (χ4v) is 5.46. The van der Waals surface area contributed by atoms with Crippen LogP contribution in [0.25, 0.3) is 16.8 Å². The van der Waals surface area contributed by atoms with Crippen molar-refractivity contribution in [3.8, 4) is 6.07 Å². The van der Waals surface area contributed by atoms with Crippen LogP contribution in [0.4, 0.5) is 5.69 Å². The van der Waals surface area contributed by atoms with Crippen molar-refractivity contribution in [2.75, 3.05) is 4.90 Å². The molecule has 1 unspecified atom stereocenters. The summed E-state index contributed by atoms with van der Waals surface area (Å²) in [5, 5.41) is 11.9. The standard InChI is InChI=1S/C25H17N3O2/c26-14-20-21-22(23-19-8-4-3-6-16(19)11-12-27(20)23)25(30)28(24(21)29)18-10-9-15-5-1-2-7-17(15)13-18/h1-13,20-23H/p+1/t20-,21+,22+,23+/m1/s1. The quantitative estimate of drug-likeness (QED) is 0.647. The zero-order chi connectivity index (χ0) is 20.4. The van der Waals surface area contributed by atoms with Gasteiger partial charge in [0.05, 0.1) is 11.9 Å². The molecular formula is C25H18N3O2+. The van der Waals surface area contributed by atoms with E-state index in [1.165, 1.54) is 4.90 Å². The molecule has 0 spiro atoms. The molecule has 5 heteroatoms. The fourth-order valence-electron chi connectivity index (χ4n) is 5.46. The monoisotopic (exact) mass is 392 g/mol. The SMILES string of the molecule is N#C[C@@H]1[C@@H]2C(=O)N(c3ccc4ccccc4c3)C(=O)[C@@H]2[C@@H]2c3ccccc3C=C[NH+]12. The molecule has 5 nitrogen and oxygen atoms in total. The third-order valence-electron chi connectivity index (χ3n) is 6.75. The Morgan fingerprint density at radius 2 is 1.60 bits per heavy atom. The summed E-state index contributed by atoms with van der Waals surface area (Å²) in [6.07, 6.45) is 3.93. The van der Waals surface area contributed by atoms with Gasteiger partial charge >= 0.3 is 0 Å². The molecule has 144 valence electrons. The number of nitriles is 1. The van der Waals surface area contributed by atoms with Crippen molar-refractivity contribution in [2.45, 2.75) is 12.1 Å². The summed E-state index contributed by atoms with van der Waals surface area (Å²) in [4.78, 5) is 29.3. The lowest BCUT2D eigenvalue weighted by Crippen LogP contribution is -3.10. The van der Waals surface area contributed by atoms with Gasteiger partial charge < -0.3 is 0 Å². The largest absolute Gasteiger partial charge is 0.287 e. The molecule has 3 aromatic carbocycles. The lowest BCUT2D eigenvalue weighted by atomic mass is 9.85. The molecule has 2 amide bonds. The number of hydrogen-bond donors (Lipinski definition) is 1. The number of fused-ring (bicyclic) bond motifs is 6. The van der Waals surface area contributed by atoms with Crippen LogP contribution >= 0.6 is 0 Å². The van der Waals surface area contributed by atoms with E-state index < -0.39 is 17.9 Å². The highest BCUT2D eigenvalue weighted by molar-refractivity contribution is 6.23. The van der Waals surface area contributed by atoms with Gasteiger partial charge in [-0.2, -0.15) is 5.26 Å². The molecular weight excluding hydrogens is 374 g/mol. The van der Waals surface area contributed by atoms with Gasteiger partial charge in [-0.05, 0) is 34.5 Å². The predicted octanol–water partition coefficient (Wildman–Crippen LogP) is 2.46. The van der Waals surface area contributed by atoms with Crippen molar-refractivity contribution in [3.63, 3.8) is 0 Å². The van der Waals surface area contributed by atoms with E-state index in [0.717, 1.165) is 26.8 Å². The van der Waals surface area contributed by atoms with Crippen molar-refractivity contribution in [1.82, 2.24) is 0 Å². The van der Waals surface area contributed by atoms with Gasteiger partial charge in [-0.3, -0.25) is 14.5 Å². The molecule has 0 aliphatic carbocycles. The minimum atomic E-state index is -0.634. The van der Waals surface area contributed by atoms with E-state index in [0.29, 0.717) is 5.69 Å². The Labute approximate surface area is 173 Å². The Hall–Kier alpha value is -3.75. The summed E-state index contributed by atoms with van der Waals surface area (Å²) in [7, 11) is 0. The van der Waals surface area contributed by atoms with Gasteiger partial charge in [0, 0.05) is 5.56 Å². The lowest BCUT2D eigenvalue weighted by molar-refractivity contribution is -0.885. The first-order valence-electron chi connectivity index (χ1n) is 10.1. The summed E-state index contributed by atoms with van der Waals surface area (Å²) < 4.78 is 0. The molecule has 0 saturated carbocycles. The Kier molecular flexibility index (Phi) is 3.50. The minimum absolute atomic E-state index is 0.203. The van der Waals surface area contributed by atoms with E-state index in [-0.39, 0.29) is 17.9 Å². The van der Waals surface area contributed by atoms with Crippen LogP contribution in [0.5, 0.6) is 0 Å². The summed E-state index contributed by atoms with van der Waals surface area (Å²) in [5.41, 5.74) is 2.66. The number of imide groups is 1. The maximum Gasteiger partial charge on any atom is 0.245 e. The molecule has 5 atom stereocenters. The first-order valence-corrected chi connectivity index (χ1v) is 10.1. The summed E-state index contributed by atoms with van der Waals surface area (Å²) in [5.74, 6) is -1.63. The first-order chi connectivity index (χ1) is 14.7. The normalized spacial score (nSPS) is 28.9. The maximum atomic E-state index is 13.6. The van der Waals surface area contributed by atoms with Crippen molar-refractivity contribution in [1.29, 1.82) is 5.26 Å². The first kappa shape index (κ1) is 17.1. The van der Waals surface area contributed by atoms with Gasteiger partial charge in [0.25, 0.3) is 0 Å². The van der Waals surface area contributed by atoms with Gasteiger partial charge in [-0.15, -0.1) is 0 Å². The van der Waals surface area contributed by atoms with E-state index in [1.54, 1.807) is 0 Å². The molecule has 2 saturated heterocycles. The average molecular weight is 392 g/mol. The number of hydrogen-bond acceptors (Lipinski definition) is 3. The molecule has 6 rings (SSSR count). The second kappa shape index (κ2) is 6.12. The molecule has 0 radical (unpaired) electrons. The van der Waals surface area contributed by atoms with Crippen LogP contribution in [0.1, 0.15) is 17.2 Å². The van der Waals surface area contributed by atoms with E-state index in [2.05, 4.69) is 6.07 Å². The molecule has 0 aromatic heterocycles. The summed E-state index contributed by atoms with van der Waals surface area (Å²) >= 11 is 0. The number of benzene rings is 3. The zero-order valence-corrected chi connectivity index (χ0v) is 16.0. The molecule has 3 heterocycles. The number of amides is 2. The van der Waals surface area contributed by atoms with Crippen LogP contribution in [0, 0.1) is 23.2 Å².